The van der Waals surface area contributed by atoms with E-state index in [0.29, 0.717) is 11.7 Å². The number of nitrogens with zero attached hydrogens (tertiary/aromatic N) is 1. The molecule has 0 aliphatic heterocycles. The minimum Gasteiger partial charge on any atom is -0.306 e. The Morgan fingerprint density at radius 1 is 1.30 bits per heavy atom. The van der Waals surface area contributed by atoms with Gasteiger partial charge in [-0.25, -0.2) is 4.98 Å². The highest BCUT2D eigenvalue weighted by molar-refractivity contribution is 14.1. The van der Waals surface area contributed by atoms with Gasteiger partial charge in [0.2, 0.25) is 0 Å². The molecular formula is C15H14BrIN2O. The summed E-state index contributed by atoms with van der Waals surface area (Å²) in [6.45, 7) is 0. The minimum absolute atomic E-state index is 0.0301. The minimum atomic E-state index is -0.0301. The lowest BCUT2D eigenvalue weighted by atomic mass is 10.0. The van der Waals surface area contributed by atoms with Gasteiger partial charge in [-0.2, -0.15) is 0 Å². The van der Waals surface area contributed by atoms with Gasteiger partial charge < -0.3 is 4.98 Å². The predicted octanol–water partition coefficient (Wildman–Crippen LogP) is 4.46. The van der Waals surface area contributed by atoms with Gasteiger partial charge in [0.15, 0.2) is 0 Å². The van der Waals surface area contributed by atoms with Crippen molar-refractivity contribution < 1.29 is 0 Å². The van der Waals surface area contributed by atoms with E-state index in [0.717, 1.165) is 32.1 Å². The van der Waals surface area contributed by atoms with Crippen LogP contribution in [0.2, 0.25) is 0 Å². The summed E-state index contributed by atoms with van der Waals surface area (Å²) in [6.07, 6.45) is 4.76. The number of H-pyrrole nitrogens is 1. The fraction of sp³-hybridized carbons (Fsp3) is 0.333. The second-order valence-corrected chi connectivity index (χ2v) is 7.10. The Morgan fingerprint density at radius 3 is 2.75 bits per heavy atom. The third-order valence-electron chi connectivity index (χ3n) is 3.73. The Bertz CT molecular complexity index is 693. The molecule has 1 heterocycles. The van der Waals surface area contributed by atoms with E-state index in [1.54, 1.807) is 0 Å². The molecule has 1 aliphatic rings. The Kier molecular flexibility index (Phi) is 4.26. The second-order valence-electron chi connectivity index (χ2n) is 5.11. The highest BCUT2D eigenvalue weighted by Gasteiger charge is 2.23. The number of benzene rings is 1. The molecule has 5 heteroatoms. The summed E-state index contributed by atoms with van der Waals surface area (Å²) in [5.41, 5.74) is 1.88. The first-order valence-electron chi connectivity index (χ1n) is 6.71. The summed E-state index contributed by atoms with van der Waals surface area (Å²) in [5, 5.41) is 0. The molecule has 0 bridgehead atoms. The maximum Gasteiger partial charge on any atom is 0.264 e. The van der Waals surface area contributed by atoms with Crippen molar-refractivity contribution in [2.75, 3.05) is 0 Å². The lowest BCUT2D eigenvalue weighted by Crippen LogP contribution is -2.17. The van der Waals surface area contributed by atoms with E-state index in [1.807, 2.05) is 24.3 Å². The van der Waals surface area contributed by atoms with Crippen LogP contribution in [-0.2, 0) is 0 Å². The van der Waals surface area contributed by atoms with E-state index in [1.165, 1.54) is 12.8 Å². The van der Waals surface area contributed by atoms with Crippen molar-refractivity contribution in [2.45, 2.75) is 31.6 Å². The lowest BCUT2D eigenvalue weighted by molar-refractivity contribution is 0.687. The fourth-order valence-electron chi connectivity index (χ4n) is 2.72. The standard InChI is InChI=1S/C15H14BrIN2O/c16-11-7-3-6-10(8-11)14-18-13(9-4-1-2-5-9)12(17)15(20)19-14/h3,6-9H,1-2,4-5H2,(H,18,19,20). The van der Waals surface area contributed by atoms with Crippen LogP contribution in [0.3, 0.4) is 0 Å². The Balaban J connectivity index is 2.11. The van der Waals surface area contributed by atoms with E-state index in [-0.39, 0.29) is 5.56 Å². The normalized spacial score (nSPS) is 15.7. The third kappa shape index (κ3) is 2.83. The first kappa shape index (κ1) is 14.3. The van der Waals surface area contributed by atoms with Gasteiger partial charge in [0.25, 0.3) is 5.56 Å². The van der Waals surface area contributed by atoms with Gasteiger partial charge in [-0.3, -0.25) is 4.79 Å². The number of hydrogen-bond donors (Lipinski definition) is 1. The third-order valence-corrected chi connectivity index (χ3v) is 5.26. The summed E-state index contributed by atoms with van der Waals surface area (Å²) < 4.78 is 1.73. The van der Waals surface area contributed by atoms with Gasteiger partial charge in [0.1, 0.15) is 5.82 Å². The molecule has 0 atom stereocenters. The van der Waals surface area contributed by atoms with Crippen molar-refractivity contribution >= 4 is 38.5 Å². The Hall–Kier alpha value is -0.690. The summed E-state index contributed by atoms with van der Waals surface area (Å²) in [4.78, 5) is 19.8. The number of aromatic nitrogens is 2. The van der Waals surface area contributed by atoms with E-state index >= 15 is 0 Å². The molecular weight excluding hydrogens is 431 g/mol. The summed E-state index contributed by atoms with van der Waals surface area (Å²) >= 11 is 5.58. The van der Waals surface area contributed by atoms with Gasteiger partial charge in [-0.1, -0.05) is 40.9 Å². The second kappa shape index (κ2) is 5.97. The molecule has 3 nitrogen and oxygen atoms in total. The van der Waals surface area contributed by atoms with Crippen molar-refractivity contribution in [1.29, 1.82) is 0 Å². The number of rotatable bonds is 2. The molecule has 0 radical (unpaired) electrons. The maximum absolute atomic E-state index is 12.2. The average molecular weight is 445 g/mol. The molecule has 1 aromatic carbocycles. The van der Waals surface area contributed by atoms with E-state index < -0.39 is 0 Å². The number of halogens is 2. The van der Waals surface area contributed by atoms with Crippen molar-refractivity contribution in [3.63, 3.8) is 0 Å². The van der Waals surface area contributed by atoms with Crippen LogP contribution in [0.25, 0.3) is 11.4 Å². The van der Waals surface area contributed by atoms with Crippen LogP contribution in [0.4, 0.5) is 0 Å². The largest absolute Gasteiger partial charge is 0.306 e. The van der Waals surface area contributed by atoms with Crippen LogP contribution in [0, 0.1) is 3.57 Å². The van der Waals surface area contributed by atoms with Gasteiger partial charge in [-0.15, -0.1) is 0 Å². The number of nitrogens with one attached hydrogen (secondary N) is 1. The SMILES string of the molecule is O=c1[nH]c(-c2cccc(Br)c2)nc(C2CCCC2)c1I. The molecule has 2 aromatic rings. The monoisotopic (exact) mass is 444 g/mol. The first-order chi connectivity index (χ1) is 9.65. The average Bonchev–Trinajstić information content (AvgIpc) is 2.95. The maximum atomic E-state index is 12.2. The zero-order chi connectivity index (χ0) is 14.1. The molecule has 1 fully saturated rings. The van der Waals surface area contributed by atoms with Crippen LogP contribution in [0.1, 0.15) is 37.3 Å². The smallest absolute Gasteiger partial charge is 0.264 e. The summed E-state index contributed by atoms with van der Waals surface area (Å²) in [7, 11) is 0. The molecule has 3 rings (SSSR count). The molecule has 0 unspecified atom stereocenters. The van der Waals surface area contributed by atoms with Gasteiger partial charge in [0.05, 0.1) is 9.26 Å². The van der Waals surface area contributed by atoms with E-state index in [4.69, 9.17) is 4.98 Å². The van der Waals surface area contributed by atoms with Gasteiger partial charge in [0, 0.05) is 16.0 Å². The van der Waals surface area contributed by atoms with Gasteiger partial charge >= 0.3 is 0 Å². The summed E-state index contributed by atoms with van der Waals surface area (Å²) in [6, 6.07) is 7.86. The molecule has 0 amide bonds. The Labute approximate surface area is 139 Å². The van der Waals surface area contributed by atoms with Crippen molar-refractivity contribution in [1.82, 2.24) is 9.97 Å². The van der Waals surface area contributed by atoms with Gasteiger partial charge in [-0.05, 0) is 47.6 Å². The number of hydrogen-bond acceptors (Lipinski definition) is 2. The van der Waals surface area contributed by atoms with Crippen molar-refractivity contribution in [3.05, 3.63) is 48.4 Å². The fourth-order valence-corrected chi connectivity index (χ4v) is 3.81. The Morgan fingerprint density at radius 2 is 2.05 bits per heavy atom. The van der Waals surface area contributed by atoms with Crippen LogP contribution in [0.5, 0.6) is 0 Å². The highest BCUT2D eigenvalue weighted by atomic mass is 127. The van der Waals surface area contributed by atoms with Crippen LogP contribution in [0.15, 0.2) is 33.5 Å². The molecule has 0 spiro atoms. The van der Waals surface area contributed by atoms with Crippen molar-refractivity contribution in [2.24, 2.45) is 0 Å². The molecule has 1 aliphatic carbocycles. The lowest BCUT2D eigenvalue weighted by Gasteiger charge is -2.12. The summed E-state index contributed by atoms with van der Waals surface area (Å²) in [5.74, 6) is 1.11. The van der Waals surface area contributed by atoms with Crippen LogP contribution >= 0.6 is 38.5 Å². The zero-order valence-electron chi connectivity index (χ0n) is 10.8. The highest BCUT2D eigenvalue weighted by Crippen LogP contribution is 2.35. The van der Waals surface area contributed by atoms with E-state index in [2.05, 4.69) is 43.5 Å². The number of aromatic amines is 1. The predicted molar refractivity (Wildman–Crippen MR) is 91.9 cm³/mol. The zero-order valence-corrected chi connectivity index (χ0v) is 14.6. The molecule has 1 N–H and O–H groups in total. The van der Waals surface area contributed by atoms with Crippen LogP contribution in [-0.4, -0.2) is 9.97 Å². The van der Waals surface area contributed by atoms with E-state index in [9.17, 15) is 4.79 Å². The van der Waals surface area contributed by atoms with Crippen molar-refractivity contribution in [3.8, 4) is 11.4 Å². The molecule has 1 aromatic heterocycles. The molecule has 104 valence electrons. The first-order valence-corrected chi connectivity index (χ1v) is 8.58. The van der Waals surface area contributed by atoms with Crippen LogP contribution < -0.4 is 5.56 Å². The molecule has 20 heavy (non-hydrogen) atoms. The molecule has 0 saturated heterocycles. The topological polar surface area (TPSA) is 45.8 Å². The quantitative estimate of drug-likeness (QED) is 0.695. The molecule has 1 saturated carbocycles.